The van der Waals surface area contributed by atoms with Gasteiger partial charge in [-0.05, 0) is 67.5 Å². The Kier molecular flexibility index (Phi) is 8.85. The lowest BCUT2D eigenvalue weighted by Gasteiger charge is -2.28. The van der Waals surface area contributed by atoms with Crippen LogP contribution >= 0.6 is 47.0 Å². The Labute approximate surface area is 196 Å². The van der Waals surface area contributed by atoms with Gasteiger partial charge in [0.2, 0.25) is 3.79 Å². The standard InChI is InChI=1S/C20H22Cl3N3O3S/c1-12-4-5-13(2)16(10-12)24-19(30)26-18(20(21,22)23)25-17(27)11-29-15-8-6-14(28-3)7-9-15/h4-10,18H,11H2,1-3H3,(H,25,27)(H2,24,26,30). The van der Waals surface area contributed by atoms with Crippen LogP contribution in [0.1, 0.15) is 11.1 Å². The third-order valence-corrected chi connectivity index (χ3v) is 4.85. The molecule has 0 radical (unpaired) electrons. The van der Waals surface area contributed by atoms with Crippen molar-refractivity contribution in [2.45, 2.75) is 23.8 Å². The van der Waals surface area contributed by atoms with Crippen LogP contribution in [0.5, 0.6) is 11.5 Å². The summed E-state index contributed by atoms with van der Waals surface area (Å²) in [5, 5.41) is 8.62. The van der Waals surface area contributed by atoms with E-state index in [4.69, 9.17) is 56.5 Å². The number of halogens is 3. The van der Waals surface area contributed by atoms with Crippen LogP contribution in [0.2, 0.25) is 0 Å². The summed E-state index contributed by atoms with van der Waals surface area (Å²) in [4.78, 5) is 12.3. The number of benzene rings is 2. The van der Waals surface area contributed by atoms with Gasteiger partial charge in [-0.2, -0.15) is 0 Å². The van der Waals surface area contributed by atoms with Crippen molar-refractivity contribution in [3.05, 3.63) is 53.6 Å². The van der Waals surface area contributed by atoms with Crippen LogP contribution < -0.4 is 25.4 Å². The number of alkyl halides is 3. The highest BCUT2D eigenvalue weighted by Crippen LogP contribution is 2.29. The van der Waals surface area contributed by atoms with Gasteiger partial charge in [-0.1, -0.05) is 46.9 Å². The molecular weight excluding hydrogens is 469 g/mol. The largest absolute Gasteiger partial charge is 0.497 e. The number of thiocarbonyl (C=S) groups is 1. The number of methoxy groups -OCH3 is 1. The molecule has 0 saturated carbocycles. The second-order valence-electron chi connectivity index (χ2n) is 6.42. The molecule has 0 bridgehead atoms. The SMILES string of the molecule is COc1ccc(OCC(=O)NC(NC(=S)Nc2cc(C)ccc2C)C(Cl)(Cl)Cl)cc1. The number of hydrogen-bond donors (Lipinski definition) is 3. The van der Waals surface area contributed by atoms with E-state index in [1.54, 1.807) is 31.4 Å². The average Bonchev–Trinajstić information content (AvgIpc) is 2.68. The van der Waals surface area contributed by atoms with Crippen molar-refractivity contribution in [1.82, 2.24) is 10.6 Å². The van der Waals surface area contributed by atoms with Crippen molar-refractivity contribution < 1.29 is 14.3 Å². The van der Waals surface area contributed by atoms with Gasteiger partial charge in [0, 0.05) is 5.69 Å². The van der Waals surface area contributed by atoms with Gasteiger partial charge in [-0.15, -0.1) is 0 Å². The molecule has 10 heteroatoms. The molecule has 1 unspecified atom stereocenters. The van der Waals surface area contributed by atoms with E-state index in [0.29, 0.717) is 11.5 Å². The highest BCUT2D eigenvalue weighted by atomic mass is 35.6. The maximum atomic E-state index is 12.3. The fraction of sp³-hybridized carbons (Fsp3) is 0.300. The summed E-state index contributed by atoms with van der Waals surface area (Å²) >= 11 is 23.3. The number of anilines is 1. The first kappa shape index (κ1) is 24.3. The highest BCUT2D eigenvalue weighted by Gasteiger charge is 2.34. The van der Waals surface area contributed by atoms with Gasteiger partial charge in [-0.3, -0.25) is 4.79 Å². The normalized spacial score (nSPS) is 11.9. The predicted molar refractivity (Wildman–Crippen MR) is 126 cm³/mol. The lowest BCUT2D eigenvalue weighted by molar-refractivity contribution is -0.123. The van der Waals surface area contributed by atoms with Crippen LogP contribution in [-0.4, -0.2) is 34.7 Å². The maximum absolute atomic E-state index is 12.3. The summed E-state index contributed by atoms with van der Waals surface area (Å²) in [6, 6.07) is 12.7. The summed E-state index contributed by atoms with van der Waals surface area (Å²) in [6.07, 6.45) is -1.08. The third-order valence-electron chi connectivity index (χ3n) is 3.98. The number of ether oxygens (including phenoxy) is 2. The quantitative estimate of drug-likeness (QED) is 0.302. The van der Waals surface area contributed by atoms with Gasteiger partial charge in [-0.25, -0.2) is 0 Å². The third kappa shape index (κ3) is 7.72. The van der Waals surface area contributed by atoms with Crippen LogP contribution in [0.25, 0.3) is 0 Å². The Balaban J connectivity index is 1.95. The number of carbonyl (C=O) groups excluding carboxylic acids is 1. The smallest absolute Gasteiger partial charge is 0.259 e. The zero-order chi connectivity index (χ0) is 22.3. The second kappa shape index (κ2) is 10.9. The first-order chi connectivity index (χ1) is 14.1. The van der Waals surface area contributed by atoms with E-state index >= 15 is 0 Å². The molecule has 1 amide bonds. The Morgan fingerprint density at radius 2 is 1.70 bits per heavy atom. The number of hydrogen-bond acceptors (Lipinski definition) is 4. The topological polar surface area (TPSA) is 71.6 Å². The van der Waals surface area contributed by atoms with Crippen molar-refractivity contribution in [2.75, 3.05) is 19.0 Å². The Hall–Kier alpha value is -1.93. The van der Waals surface area contributed by atoms with Crippen LogP contribution in [0.15, 0.2) is 42.5 Å². The van der Waals surface area contributed by atoms with E-state index in [1.165, 1.54) is 0 Å². The summed E-state index contributed by atoms with van der Waals surface area (Å²) in [5.41, 5.74) is 2.87. The summed E-state index contributed by atoms with van der Waals surface area (Å²) in [7, 11) is 1.56. The van der Waals surface area contributed by atoms with Gasteiger partial charge >= 0.3 is 0 Å². The van der Waals surface area contributed by atoms with E-state index in [1.807, 2.05) is 32.0 Å². The molecule has 0 spiro atoms. The number of amides is 1. The first-order valence-electron chi connectivity index (χ1n) is 8.86. The van der Waals surface area contributed by atoms with Crippen LogP contribution in [0.4, 0.5) is 5.69 Å². The second-order valence-corrected chi connectivity index (χ2v) is 9.20. The molecule has 3 N–H and O–H groups in total. The van der Waals surface area contributed by atoms with Gasteiger partial charge in [0.1, 0.15) is 17.7 Å². The number of carbonyl (C=O) groups is 1. The Bertz CT molecular complexity index is 889. The molecule has 2 aromatic carbocycles. The zero-order valence-corrected chi connectivity index (χ0v) is 19.7. The fourth-order valence-corrected chi connectivity index (χ4v) is 2.94. The average molecular weight is 491 g/mol. The molecule has 30 heavy (non-hydrogen) atoms. The van der Waals surface area contributed by atoms with E-state index in [2.05, 4.69) is 16.0 Å². The maximum Gasteiger partial charge on any atom is 0.259 e. The van der Waals surface area contributed by atoms with Crippen LogP contribution in [-0.2, 0) is 4.79 Å². The van der Waals surface area contributed by atoms with Crippen molar-refractivity contribution >= 4 is 63.7 Å². The molecule has 0 heterocycles. The molecule has 6 nitrogen and oxygen atoms in total. The molecule has 0 aliphatic heterocycles. The summed E-state index contributed by atoms with van der Waals surface area (Å²) < 4.78 is 8.65. The van der Waals surface area contributed by atoms with Gasteiger partial charge in [0.05, 0.1) is 7.11 Å². The molecule has 0 fully saturated rings. The van der Waals surface area contributed by atoms with Crippen molar-refractivity contribution in [3.63, 3.8) is 0 Å². The van der Waals surface area contributed by atoms with Crippen molar-refractivity contribution in [1.29, 1.82) is 0 Å². The minimum atomic E-state index is -1.86. The fourth-order valence-electron chi connectivity index (χ4n) is 2.38. The molecule has 0 aromatic heterocycles. The molecule has 0 aliphatic carbocycles. The Morgan fingerprint density at radius 3 is 2.30 bits per heavy atom. The monoisotopic (exact) mass is 489 g/mol. The van der Waals surface area contributed by atoms with E-state index in [0.717, 1.165) is 16.8 Å². The minimum Gasteiger partial charge on any atom is -0.497 e. The van der Waals surface area contributed by atoms with Gasteiger partial charge in [0.25, 0.3) is 5.91 Å². The molecular formula is C20H22Cl3N3O3S. The predicted octanol–water partition coefficient (Wildman–Crippen LogP) is 4.49. The molecule has 0 saturated heterocycles. The summed E-state index contributed by atoms with van der Waals surface area (Å²) in [6.45, 7) is 3.63. The lowest BCUT2D eigenvalue weighted by atomic mass is 10.1. The number of nitrogens with one attached hydrogen (secondary N) is 3. The summed E-state index contributed by atoms with van der Waals surface area (Å²) in [5.74, 6) is 0.678. The molecule has 1 atom stereocenters. The van der Waals surface area contributed by atoms with E-state index in [9.17, 15) is 4.79 Å². The molecule has 2 aromatic rings. The van der Waals surface area contributed by atoms with Crippen LogP contribution in [0.3, 0.4) is 0 Å². The van der Waals surface area contributed by atoms with Crippen molar-refractivity contribution in [3.8, 4) is 11.5 Å². The van der Waals surface area contributed by atoms with E-state index in [-0.39, 0.29) is 11.7 Å². The lowest BCUT2D eigenvalue weighted by Crippen LogP contribution is -2.57. The Morgan fingerprint density at radius 1 is 1.07 bits per heavy atom. The zero-order valence-electron chi connectivity index (χ0n) is 16.6. The van der Waals surface area contributed by atoms with E-state index < -0.39 is 15.9 Å². The number of aryl methyl sites for hydroxylation is 2. The number of rotatable bonds is 7. The minimum absolute atomic E-state index is 0.191. The first-order valence-corrected chi connectivity index (χ1v) is 10.4. The van der Waals surface area contributed by atoms with Crippen LogP contribution in [0, 0.1) is 13.8 Å². The van der Waals surface area contributed by atoms with Gasteiger partial charge in [0.15, 0.2) is 11.7 Å². The molecule has 162 valence electrons. The molecule has 2 rings (SSSR count). The van der Waals surface area contributed by atoms with Crippen molar-refractivity contribution in [2.24, 2.45) is 0 Å². The molecule has 0 aliphatic rings. The van der Waals surface area contributed by atoms with Gasteiger partial charge < -0.3 is 25.4 Å². The highest BCUT2D eigenvalue weighted by molar-refractivity contribution is 7.80.